The van der Waals surface area contributed by atoms with Crippen LogP contribution in [0.1, 0.15) is 11.5 Å². The summed E-state index contributed by atoms with van der Waals surface area (Å²) in [6.07, 6.45) is 1.07. The first kappa shape index (κ1) is 14.0. The molecule has 1 amide bonds. The Morgan fingerprint density at radius 3 is 2.53 bits per heavy atom. The molecule has 2 atom stereocenters. The van der Waals surface area contributed by atoms with Gasteiger partial charge in [0.05, 0.1) is 0 Å². The van der Waals surface area contributed by atoms with E-state index < -0.39 is 15.6 Å². The number of carbonyl (C=O) groups excluding carboxylic acids is 1. The maximum absolute atomic E-state index is 11.9. The third kappa shape index (κ3) is 3.54. The molecule has 1 saturated heterocycles. The van der Waals surface area contributed by atoms with E-state index in [0.29, 0.717) is 13.1 Å². The predicted octanol–water partition coefficient (Wildman–Crippen LogP) is -0.0157. The molecular weight excluding hydrogens is 264 g/mol. The monoisotopic (exact) mass is 282 g/mol. The fourth-order valence-corrected chi connectivity index (χ4v) is 3.03. The number of nitrogens with two attached hydrogens (primary N) is 1. The van der Waals surface area contributed by atoms with E-state index >= 15 is 0 Å². The zero-order valence-corrected chi connectivity index (χ0v) is 11.6. The lowest BCUT2D eigenvalue weighted by atomic mass is 9.95. The van der Waals surface area contributed by atoms with Crippen molar-refractivity contribution in [3.05, 3.63) is 35.9 Å². The van der Waals surface area contributed by atoms with Crippen LogP contribution in [-0.4, -0.2) is 50.4 Å². The highest BCUT2D eigenvalue weighted by molar-refractivity contribution is 7.91. The fraction of sp³-hybridized carbons (Fsp3) is 0.462. The standard InChI is InChI=1S/C13H18N2O3S/c1-19(17,18)9-13(16)15-7-11(12(14)8-15)10-5-3-2-4-6-10/h2-6,11-12H,7-9,14H2,1H3/t11-,12+/m0/s1. The smallest absolute Gasteiger partial charge is 0.237 e. The maximum atomic E-state index is 11.9. The SMILES string of the molecule is CS(=O)(=O)CC(=O)N1C[C@@H](N)[C@H](c2ccccc2)C1. The van der Waals surface area contributed by atoms with Gasteiger partial charge >= 0.3 is 0 Å². The molecule has 0 saturated carbocycles. The third-order valence-corrected chi connectivity index (χ3v) is 4.10. The van der Waals surface area contributed by atoms with Crippen molar-refractivity contribution in [2.24, 2.45) is 5.73 Å². The summed E-state index contributed by atoms with van der Waals surface area (Å²) < 4.78 is 22.3. The van der Waals surface area contributed by atoms with Crippen molar-refractivity contribution in [1.29, 1.82) is 0 Å². The Kier molecular flexibility index (Phi) is 3.91. The number of hydrogen-bond acceptors (Lipinski definition) is 4. The Hall–Kier alpha value is -1.40. The number of nitrogens with zero attached hydrogens (tertiary/aromatic N) is 1. The van der Waals surface area contributed by atoms with Crippen LogP contribution >= 0.6 is 0 Å². The van der Waals surface area contributed by atoms with E-state index in [4.69, 9.17) is 5.73 Å². The number of likely N-dealkylation sites (tertiary alicyclic amines) is 1. The van der Waals surface area contributed by atoms with Crippen molar-refractivity contribution in [1.82, 2.24) is 4.90 Å². The molecule has 1 aromatic rings. The summed E-state index contributed by atoms with van der Waals surface area (Å²) >= 11 is 0. The molecule has 0 bridgehead atoms. The molecule has 104 valence electrons. The van der Waals surface area contributed by atoms with Crippen molar-refractivity contribution in [3.63, 3.8) is 0 Å². The van der Waals surface area contributed by atoms with Gasteiger partial charge in [0, 0.05) is 31.3 Å². The lowest BCUT2D eigenvalue weighted by Crippen LogP contribution is -2.35. The van der Waals surface area contributed by atoms with Gasteiger partial charge in [-0.1, -0.05) is 30.3 Å². The first-order valence-electron chi connectivity index (χ1n) is 6.13. The van der Waals surface area contributed by atoms with Gasteiger partial charge in [0.15, 0.2) is 9.84 Å². The van der Waals surface area contributed by atoms with Gasteiger partial charge < -0.3 is 10.6 Å². The molecule has 0 unspecified atom stereocenters. The van der Waals surface area contributed by atoms with E-state index in [1.165, 1.54) is 0 Å². The second-order valence-electron chi connectivity index (χ2n) is 5.05. The van der Waals surface area contributed by atoms with Crippen molar-refractivity contribution in [3.8, 4) is 0 Å². The number of rotatable bonds is 3. The molecule has 0 aromatic heterocycles. The first-order chi connectivity index (χ1) is 8.87. The highest BCUT2D eigenvalue weighted by Gasteiger charge is 2.34. The Balaban J connectivity index is 2.08. The molecule has 0 radical (unpaired) electrons. The lowest BCUT2D eigenvalue weighted by Gasteiger charge is -2.15. The highest BCUT2D eigenvalue weighted by atomic mass is 32.2. The maximum Gasteiger partial charge on any atom is 0.237 e. The van der Waals surface area contributed by atoms with Crippen LogP contribution in [0.2, 0.25) is 0 Å². The van der Waals surface area contributed by atoms with Crippen molar-refractivity contribution >= 4 is 15.7 Å². The van der Waals surface area contributed by atoms with Crippen LogP contribution in [0.4, 0.5) is 0 Å². The van der Waals surface area contributed by atoms with Gasteiger partial charge in [0.2, 0.25) is 5.91 Å². The first-order valence-corrected chi connectivity index (χ1v) is 8.19. The van der Waals surface area contributed by atoms with Gasteiger partial charge in [-0.2, -0.15) is 0 Å². The quantitative estimate of drug-likeness (QED) is 0.845. The van der Waals surface area contributed by atoms with E-state index in [9.17, 15) is 13.2 Å². The summed E-state index contributed by atoms with van der Waals surface area (Å²) in [4.78, 5) is 13.4. The Labute approximate surface area is 113 Å². The predicted molar refractivity (Wildman–Crippen MR) is 73.4 cm³/mol. The zero-order valence-electron chi connectivity index (χ0n) is 10.8. The topological polar surface area (TPSA) is 80.5 Å². The number of sulfone groups is 1. The normalized spacial score (nSPS) is 23.6. The van der Waals surface area contributed by atoms with E-state index in [-0.39, 0.29) is 17.9 Å². The summed E-state index contributed by atoms with van der Waals surface area (Å²) in [5.74, 6) is -0.734. The van der Waals surface area contributed by atoms with Crippen LogP contribution in [0.25, 0.3) is 0 Å². The summed E-state index contributed by atoms with van der Waals surface area (Å²) in [5, 5.41) is 0. The number of amides is 1. The Bertz CT molecular complexity index is 557. The summed E-state index contributed by atoms with van der Waals surface area (Å²) in [5.41, 5.74) is 7.15. The van der Waals surface area contributed by atoms with Crippen LogP contribution in [0.5, 0.6) is 0 Å². The van der Waals surface area contributed by atoms with Crippen LogP contribution in [0.3, 0.4) is 0 Å². The molecule has 0 spiro atoms. The largest absolute Gasteiger partial charge is 0.340 e. The number of benzene rings is 1. The molecule has 2 N–H and O–H groups in total. The van der Waals surface area contributed by atoms with E-state index in [0.717, 1.165) is 11.8 Å². The van der Waals surface area contributed by atoms with Crippen LogP contribution in [0, 0.1) is 0 Å². The van der Waals surface area contributed by atoms with Crippen molar-refractivity contribution < 1.29 is 13.2 Å². The van der Waals surface area contributed by atoms with Gasteiger partial charge in [-0.15, -0.1) is 0 Å². The Morgan fingerprint density at radius 2 is 1.95 bits per heavy atom. The van der Waals surface area contributed by atoms with Gasteiger partial charge in [-0.25, -0.2) is 8.42 Å². The lowest BCUT2D eigenvalue weighted by molar-refractivity contribution is -0.127. The highest BCUT2D eigenvalue weighted by Crippen LogP contribution is 2.26. The zero-order chi connectivity index (χ0) is 14.0. The molecule has 5 nitrogen and oxygen atoms in total. The molecule has 1 aliphatic heterocycles. The van der Waals surface area contributed by atoms with Gasteiger partial charge in [0.25, 0.3) is 0 Å². The molecular formula is C13H18N2O3S. The van der Waals surface area contributed by atoms with E-state index in [1.807, 2.05) is 30.3 Å². The number of hydrogen-bond donors (Lipinski definition) is 1. The second-order valence-corrected chi connectivity index (χ2v) is 7.19. The summed E-state index contributed by atoms with van der Waals surface area (Å²) in [6, 6.07) is 9.61. The fourth-order valence-electron chi connectivity index (χ4n) is 2.40. The summed E-state index contributed by atoms with van der Waals surface area (Å²) in [6.45, 7) is 0.896. The molecule has 1 heterocycles. The molecule has 1 fully saturated rings. The molecule has 1 aromatic carbocycles. The molecule has 6 heteroatoms. The molecule has 19 heavy (non-hydrogen) atoms. The molecule has 0 aliphatic carbocycles. The third-order valence-electron chi connectivity index (χ3n) is 3.33. The van der Waals surface area contributed by atoms with Gasteiger partial charge in [-0.05, 0) is 5.56 Å². The van der Waals surface area contributed by atoms with Gasteiger partial charge in [0.1, 0.15) is 5.75 Å². The Morgan fingerprint density at radius 1 is 1.32 bits per heavy atom. The van der Waals surface area contributed by atoms with E-state index in [1.54, 1.807) is 4.90 Å². The van der Waals surface area contributed by atoms with Crippen LogP contribution < -0.4 is 5.73 Å². The second kappa shape index (κ2) is 5.30. The minimum Gasteiger partial charge on any atom is -0.340 e. The van der Waals surface area contributed by atoms with Crippen LogP contribution in [0.15, 0.2) is 30.3 Å². The summed E-state index contributed by atoms with van der Waals surface area (Å²) in [7, 11) is -3.29. The average molecular weight is 282 g/mol. The molecule has 2 rings (SSSR count). The minimum atomic E-state index is -3.29. The van der Waals surface area contributed by atoms with Crippen LogP contribution in [-0.2, 0) is 14.6 Å². The van der Waals surface area contributed by atoms with Crippen molar-refractivity contribution in [2.45, 2.75) is 12.0 Å². The average Bonchev–Trinajstić information content (AvgIpc) is 2.70. The number of carbonyl (C=O) groups is 1. The molecule has 1 aliphatic rings. The van der Waals surface area contributed by atoms with Gasteiger partial charge in [-0.3, -0.25) is 4.79 Å². The van der Waals surface area contributed by atoms with E-state index in [2.05, 4.69) is 0 Å². The minimum absolute atomic E-state index is 0.0738. The van der Waals surface area contributed by atoms with Crippen molar-refractivity contribution in [2.75, 3.05) is 25.1 Å².